The third-order valence-electron chi connectivity index (χ3n) is 3.36. The Morgan fingerprint density at radius 2 is 2.15 bits per heavy atom. The van der Waals surface area contributed by atoms with Gasteiger partial charge in [-0.3, -0.25) is 4.79 Å². The van der Waals surface area contributed by atoms with Gasteiger partial charge in [0.05, 0.1) is 6.10 Å². The monoisotopic (exact) mass is 278 g/mol. The smallest absolute Gasteiger partial charge is 0.251 e. The van der Waals surface area contributed by atoms with Gasteiger partial charge < -0.3 is 15.8 Å². The molecule has 0 fully saturated rings. The van der Waals surface area contributed by atoms with Gasteiger partial charge in [-0.05, 0) is 58.4 Å². The van der Waals surface area contributed by atoms with E-state index in [4.69, 9.17) is 10.5 Å². The van der Waals surface area contributed by atoms with Crippen molar-refractivity contribution in [1.29, 1.82) is 0 Å². The van der Waals surface area contributed by atoms with Crippen LogP contribution in [0.2, 0.25) is 0 Å². The number of hydrogen-bond acceptors (Lipinski definition) is 3. The van der Waals surface area contributed by atoms with E-state index >= 15 is 0 Å². The van der Waals surface area contributed by atoms with Gasteiger partial charge in [0.25, 0.3) is 5.91 Å². The molecule has 1 aromatic carbocycles. The molecular weight excluding hydrogens is 252 g/mol. The van der Waals surface area contributed by atoms with Gasteiger partial charge >= 0.3 is 0 Å². The molecule has 0 aromatic heterocycles. The van der Waals surface area contributed by atoms with Crippen LogP contribution in [0.3, 0.4) is 0 Å². The van der Waals surface area contributed by atoms with E-state index in [1.165, 1.54) is 0 Å². The summed E-state index contributed by atoms with van der Waals surface area (Å²) >= 11 is 0. The number of ether oxygens (including phenoxy) is 1. The molecule has 112 valence electrons. The van der Waals surface area contributed by atoms with Crippen LogP contribution in [0.4, 0.5) is 0 Å². The molecule has 1 aromatic rings. The molecule has 1 rings (SSSR count). The maximum atomic E-state index is 12.3. The Bertz CT molecular complexity index is 446. The fraction of sp³-hybridized carbons (Fsp3) is 0.562. The average molecular weight is 278 g/mol. The zero-order valence-corrected chi connectivity index (χ0v) is 12.9. The first-order valence-electron chi connectivity index (χ1n) is 7.19. The van der Waals surface area contributed by atoms with Crippen molar-refractivity contribution in [2.24, 2.45) is 5.73 Å². The first-order chi connectivity index (χ1) is 9.40. The van der Waals surface area contributed by atoms with Gasteiger partial charge in [-0.2, -0.15) is 0 Å². The summed E-state index contributed by atoms with van der Waals surface area (Å²) in [7, 11) is 0. The van der Waals surface area contributed by atoms with Crippen molar-refractivity contribution in [2.75, 3.05) is 6.54 Å². The average Bonchev–Trinajstić information content (AvgIpc) is 2.38. The van der Waals surface area contributed by atoms with Crippen molar-refractivity contribution in [3.05, 3.63) is 29.8 Å². The topological polar surface area (TPSA) is 64.3 Å². The van der Waals surface area contributed by atoms with Crippen LogP contribution < -0.4 is 15.8 Å². The fourth-order valence-electron chi connectivity index (χ4n) is 1.98. The molecule has 0 aliphatic carbocycles. The summed E-state index contributed by atoms with van der Waals surface area (Å²) in [5.41, 5.74) is 5.96. The number of carbonyl (C=O) groups excluding carboxylic acids is 1. The lowest BCUT2D eigenvalue weighted by molar-refractivity contribution is 0.0899. The summed E-state index contributed by atoms with van der Waals surface area (Å²) in [6, 6.07) is 7.25. The van der Waals surface area contributed by atoms with E-state index < -0.39 is 0 Å². The Morgan fingerprint density at radius 1 is 1.45 bits per heavy atom. The van der Waals surface area contributed by atoms with E-state index in [2.05, 4.69) is 5.32 Å². The molecule has 0 radical (unpaired) electrons. The molecule has 4 heteroatoms. The minimum absolute atomic E-state index is 0.0861. The van der Waals surface area contributed by atoms with E-state index in [-0.39, 0.29) is 17.6 Å². The molecule has 20 heavy (non-hydrogen) atoms. The minimum atomic E-state index is -0.263. The zero-order chi connectivity index (χ0) is 15.2. The molecule has 0 spiro atoms. The van der Waals surface area contributed by atoms with Gasteiger partial charge in [0.1, 0.15) is 5.75 Å². The highest BCUT2D eigenvalue weighted by Gasteiger charge is 2.24. The molecule has 4 nitrogen and oxygen atoms in total. The molecule has 0 saturated heterocycles. The molecule has 0 aliphatic heterocycles. The minimum Gasteiger partial charge on any atom is -0.491 e. The Hall–Kier alpha value is -1.55. The highest BCUT2D eigenvalue weighted by molar-refractivity contribution is 5.95. The second-order valence-corrected chi connectivity index (χ2v) is 5.60. The summed E-state index contributed by atoms with van der Waals surface area (Å²) in [6.07, 6.45) is 1.70. The molecule has 1 unspecified atom stereocenters. The molecule has 3 N–H and O–H groups in total. The summed E-state index contributed by atoms with van der Waals surface area (Å²) < 4.78 is 5.61. The number of nitrogens with one attached hydrogen (secondary N) is 1. The van der Waals surface area contributed by atoms with Gasteiger partial charge in [-0.1, -0.05) is 13.0 Å². The fourth-order valence-corrected chi connectivity index (χ4v) is 1.98. The van der Waals surface area contributed by atoms with Crippen LogP contribution in [0, 0.1) is 0 Å². The van der Waals surface area contributed by atoms with Crippen molar-refractivity contribution in [3.8, 4) is 5.75 Å². The molecule has 1 atom stereocenters. The number of amides is 1. The van der Waals surface area contributed by atoms with E-state index in [1.54, 1.807) is 12.1 Å². The van der Waals surface area contributed by atoms with Crippen molar-refractivity contribution < 1.29 is 9.53 Å². The first kappa shape index (κ1) is 16.5. The molecule has 0 heterocycles. The third-order valence-corrected chi connectivity index (χ3v) is 3.36. The van der Waals surface area contributed by atoms with Crippen LogP contribution in [-0.4, -0.2) is 24.1 Å². The highest BCUT2D eigenvalue weighted by Crippen LogP contribution is 2.18. The van der Waals surface area contributed by atoms with Crippen LogP contribution >= 0.6 is 0 Å². The lowest BCUT2D eigenvalue weighted by Crippen LogP contribution is -2.46. The van der Waals surface area contributed by atoms with Gasteiger partial charge in [-0.25, -0.2) is 0 Å². The van der Waals surface area contributed by atoms with Crippen LogP contribution in [0.25, 0.3) is 0 Å². The van der Waals surface area contributed by atoms with Crippen LogP contribution in [-0.2, 0) is 0 Å². The molecule has 0 saturated carbocycles. The Balaban J connectivity index is 2.81. The quantitative estimate of drug-likeness (QED) is 0.806. The van der Waals surface area contributed by atoms with Crippen molar-refractivity contribution in [1.82, 2.24) is 5.32 Å². The first-order valence-corrected chi connectivity index (χ1v) is 7.19. The summed E-state index contributed by atoms with van der Waals surface area (Å²) in [5.74, 6) is 0.627. The lowest BCUT2D eigenvalue weighted by Gasteiger charge is -2.29. The highest BCUT2D eigenvalue weighted by atomic mass is 16.5. The molecular formula is C16H26N2O2. The van der Waals surface area contributed by atoms with Gasteiger partial charge in [0.15, 0.2) is 0 Å². The van der Waals surface area contributed by atoms with E-state index in [0.717, 1.165) is 12.8 Å². The number of benzene rings is 1. The lowest BCUT2D eigenvalue weighted by atomic mass is 9.94. The van der Waals surface area contributed by atoms with Crippen LogP contribution in [0.1, 0.15) is 50.9 Å². The Morgan fingerprint density at radius 3 is 2.70 bits per heavy atom. The van der Waals surface area contributed by atoms with Crippen molar-refractivity contribution >= 4 is 5.91 Å². The standard InChI is InChI=1S/C16H26N2O2/c1-5-16(4,9-10-17)18-15(19)13-7-6-8-14(11-13)20-12(2)3/h6-8,11-12H,5,9-10,17H2,1-4H3,(H,18,19). The number of rotatable bonds is 7. The van der Waals surface area contributed by atoms with Crippen molar-refractivity contribution in [2.45, 2.75) is 52.2 Å². The predicted octanol–water partition coefficient (Wildman–Crippen LogP) is 2.72. The summed E-state index contributed by atoms with van der Waals surface area (Å²) in [5, 5.41) is 3.07. The maximum Gasteiger partial charge on any atom is 0.251 e. The Labute approximate surface area is 121 Å². The summed E-state index contributed by atoms with van der Waals surface area (Å²) in [6.45, 7) is 8.55. The zero-order valence-electron chi connectivity index (χ0n) is 12.9. The van der Waals surface area contributed by atoms with Gasteiger partial charge in [0, 0.05) is 11.1 Å². The SMILES string of the molecule is CCC(C)(CCN)NC(=O)c1cccc(OC(C)C)c1. The van der Waals surface area contributed by atoms with Gasteiger partial charge in [0.2, 0.25) is 0 Å². The van der Waals surface area contributed by atoms with Crippen molar-refractivity contribution in [3.63, 3.8) is 0 Å². The number of hydrogen-bond donors (Lipinski definition) is 2. The third kappa shape index (κ3) is 4.85. The van der Waals surface area contributed by atoms with E-state index in [1.807, 2.05) is 39.8 Å². The number of carbonyl (C=O) groups is 1. The van der Waals surface area contributed by atoms with Gasteiger partial charge in [-0.15, -0.1) is 0 Å². The van der Waals surface area contributed by atoms with E-state index in [9.17, 15) is 4.79 Å². The van der Waals surface area contributed by atoms with E-state index in [0.29, 0.717) is 17.9 Å². The summed E-state index contributed by atoms with van der Waals surface area (Å²) in [4.78, 5) is 12.3. The normalized spacial score (nSPS) is 13.9. The maximum absolute atomic E-state index is 12.3. The molecule has 1 amide bonds. The molecule has 0 aliphatic rings. The van der Waals surface area contributed by atoms with Crippen LogP contribution in [0.5, 0.6) is 5.75 Å². The Kier molecular flexibility index (Phi) is 6.02. The predicted molar refractivity (Wildman–Crippen MR) is 82.0 cm³/mol. The largest absolute Gasteiger partial charge is 0.491 e. The molecule has 0 bridgehead atoms. The van der Waals surface area contributed by atoms with Crippen LogP contribution in [0.15, 0.2) is 24.3 Å². The second-order valence-electron chi connectivity index (χ2n) is 5.60. The number of nitrogens with two attached hydrogens (primary N) is 1. The second kappa shape index (κ2) is 7.29.